The number of rotatable bonds is 3. The Balaban J connectivity index is 0.00000176. The lowest BCUT2D eigenvalue weighted by molar-refractivity contribution is -0.136. The number of amides is 2. The molecule has 0 aromatic heterocycles. The minimum Gasteiger partial charge on any atom is -0.366 e. The normalized spacial score (nSPS) is 24.7. The molecule has 2 heterocycles. The molecule has 22 heavy (non-hydrogen) atoms. The van der Waals surface area contributed by atoms with E-state index in [2.05, 4.69) is 10.6 Å². The molecule has 0 aliphatic carbocycles. The van der Waals surface area contributed by atoms with Crippen molar-refractivity contribution in [2.45, 2.75) is 18.6 Å². The Hall–Kier alpha value is -1.63. The fraction of sp³-hybridized carbons (Fsp3) is 0.467. The molecule has 0 bridgehead atoms. The summed E-state index contributed by atoms with van der Waals surface area (Å²) >= 11 is 0. The number of para-hydroxylation sites is 1. The molecular formula is C15H20ClN3O3. The number of nitrogens with one attached hydrogen (secondary N) is 2. The topological polar surface area (TPSA) is 70.7 Å². The van der Waals surface area contributed by atoms with Crippen molar-refractivity contribution in [1.29, 1.82) is 0 Å². The van der Waals surface area contributed by atoms with E-state index in [1.807, 2.05) is 30.3 Å². The number of benzene rings is 1. The Morgan fingerprint density at radius 3 is 2.77 bits per heavy atom. The molecule has 2 aliphatic heterocycles. The molecule has 7 heteroatoms. The molecular weight excluding hydrogens is 306 g/mol. The smallest absolute Gasteiger partial charge is 0.251 e. The van der Waals surface area contributed by atoms with Crippen molar-refractivity contribution in [3.63, 3.8) is 0 Å². The van der Waals surface area contributed by atoms with Gasteiger partial charge in [-0.25, -0.2) is 0 Å². The predicted octanol–water partition coefficient (Wildman–Crippen LogP) is 0.318. The first-order valence-corrected chi connectivity index (χ1v) is 7.25. The Morgan fingerprint density at radius 1 is 1.32 bits per heavy atom. The highest BCUT2D eigenvalue weighted by atomic mass is 35.5. The summed E-state index contributed by atoms with van der Waals surface area (Å²) in [5.74, 6) is -0.270. The minimum atomic E-state index is -0.502. The molecule has 1 aromatic rings. The van der Waals surface area contributed by atoms with Gasteiger partial charge in [-0.3, -0.25) is 9.59 Å². The standard InChI is InChI=1S/C15H19N3O3.ClH/c19-14(13-10-16-7-9-21-13)17-12-6-8-18(15(12)20)11-4-2-1-3-5-11;/h1-5,12-13,16H,6-10H2,(H,17,19);1H. The van der Waals surface area contributed by atoms with E-state index in [-0.39, 0.29) is 24.2 Å². The van der Waals surface area contributed by atoms with E-state index in [1.165, 1.54) is 0 Å². The molecule has 2 amide bonds. The first-order chi connectivity index (χ1) is 10.3. The maximum Gasteiger partial charge on any atom is 0.251 e. The Labute approximate surface area is 135 Å². The zero-order valence-corrected chi connectivity index (χ0v) is 13.0. The van der Waals surface area contributed by atoms with Crippen molar-refractivity contribution in [3.8, 4) is 0 Å². The van der Waals surface area contributed by atoms with E-state index in [4.69, 9.17) is 4.74 Å². The maximum absolute atomic E-state index is 12.4. The second-order valence-electron chi connectivity index (χ2n) is 5.24. The molecule has 0 saturated carbocycles. The molecule has 3 rings (SSSR count). The summed E-state index contributed by atoms with van der Waals surface area (Å²) in [4.78, 5) is 26.2. The molecule has 6 nitrogen and oxygen atoms in total. The first-order valence-electron chi connectivity index (χ1n) is 7.25. The van der Waals surface area contributed by atoms with Crippen molar-refractivity contribution in [1.82, 2.24) is 10.6 Å². The van der Waals surface area contributed by atoms with Gasteiger partial charge in [0, 0.05) is 25.3 Å². The molecule has 2 fully saturated rings. The fourth-order valence-electron chi connectivity index (χ4n) is 2.68. The molecule has 0 spiro atoms. The monoisotopic (exact) mass is 325 g/mol. The van der Waals surface area contributed by atoms with Crippen molar-refractivity contribution in [2.75, 3.05) is 31.1 Å². The van der Waals surface area contributed by atoms with Crippen LogP contribution in [0.1, 0.15) is 6.42 Å². The SMILES string of the molecule is Cl.O=C(NC1CCN(c2ccccc2)C1=O)C1CNCCO1. The summed E-state index contributed by atoms with van der Waals surface area (Å²) in [5, 5.41) is 5.91. The van der Waals surface area contributed by atoms with Gasteiger partial charge < -0.3 is 20.3 Å². The van der Waals surface area contributed by atoms with Crippen molar-refractivity contribution >= 4 is 29.9 Å². The Kier molecular flexibility index (Phi) is 5.76. The third kappa shape index (κ3) is 3.58. The van der Waals surface area contributed by atoms with Crippen molar-refractivity contribution in [2.24, 2.45) is 0 Å². The quantitative estimate of drug-likeness (QED) is 0.839. The van der Waals surface area contributed by atoms with Gasteiger partial charge in [0.2, 0.25) is 5.91 Å². The lowest BCUT2D eigenvalue weighted by Crippen LogP contribution is -2.51. The number of anilines is 1. The highest BCUT2D eigenvalue weighted by molar-refractivity contribution is 6.01. The number of halogens is 1. The van der Waals surface area contributed by atoms with Crippen LogP contribution in [0.2, 0.25) is 0 Å². The fourth-order valence-corrected chi connectivity index (χ4v) is 2.68. The lowest BCUT2D eigenvalue weighted by atomic mass is 10.2. The molecule has 0 radical (unpaired) electrons. The van der Waals surface area contributed by atoms with E-state index in [0.29, 0.717) is 26.1 Å². The van der Waals surface area contributed by atoms with E-state index in [1.54, 1.807) is 4.90 Å². The summed E-state index contributed by atoms with van der Waals surface area (Å²) < 4.78 is 5.40. The van der Waals surface area contributed by atoms with Crippen LogP contribution >= 0.6 is 12.4 Å². The largest absolute Gasteiger partial charge is 0.366 e. The van der Waals surface area contributed by atoms with Crippen LogP contribution in [0.15, 0.2) is 30.3 Å². The van der Waals surface area contributed by atoms with Crippen molar-refractivity contribution < 1.29 is 14.3 Å². The van der Waals surface area contributed by atoms with Gasteiger partial charge in [-0.2, -0.15) is 0 Å². The van der Waals surface area contributed by atoms with Crippen LogP contribution in [-0.2, 0) is 14.3 Å². The van der Waals surface area contributed by atoms with Crippen LogP contribution in [0.3, 0.4) is 0 Å². The van der Waals surface area contributed by atoms with E-state index >= 15 is 0 Å². The maximum atomic E-state index is 12.4. The van der Waals surface area contributed by atoms with E-state index < -0.39 is 12.1 Å². The Bertz CT molecular complexity index is 520. The number of hydrogen-bond acceptors (Lipinski definition) is 4. The molecule has 120 valence electrons. The average molecular weight is 326 g/mol. The third-order valence-corrected chi connectivity index (χ3v) is 3.81. The van der Waals surface area contributed by atoms with Gasteiger partial charge in [0.1, 0.15) is 12.1 Å². The zero-order valence-electron chi connectivity index (χ0n) is 12.2. The first kappa shape index (κ1) is 16.7. The molecule has 2 N–H and O–H groups in total. The predicted molar refractivity (Wildman–Crippen MR) is 85.2 cm³/mol. The summed E-state index contributed by atoms with van der Waals surface area (Å²) in [6, 6.07) is 9.05. The molecule has 2 aliphatic rings. The number of ether oxygens (including phenoxy) is 1. The molecule has 2 atom stereocenters. The summed E-state index contributed by atoms with van der Waals surface area (Å²) in [6.45, 7) is 2.40. The number of carbonyl (C=O) groups is 2. The van der Waals surface area contributed by atoms with Crippen LogP contribution in [0, 0.1) is 0 Å². The number of carbonyl (C=O) groups excluding carboxylic acids is 2. The van der Waals surface area contributed by atoms with Gasteiger partial charge in [-0.05, 0) is 18.6 Å². The number of nitrogens with zero attached hydrogens (tertiary/aromatic N) is 1. The van der Waals surface area contributed by atoms with Crippen LogP contribution in [-0.4, -0.2) is 50.2 Å². The van der Waals surface area contributed by atoms with Crippen LogP contribution < -0.4 is 15.5 Å². The van der Waals surface area contributed by atoms with E-state index in [9.17, 15) is 9.59 Å². The molecule has 1 aromatic carbocycles. The number of hydrogen-bond donors (Lipinski definition) is 2. The van der Waals surface area contributed by atoms with Crippen LogP contribution in [0.25, 0.3) is 0 Å². The van der Waals surface area contributed by atoms with E-state index in [0.717, 1.165) is 12.2 Å². The summed E-state index contributed by atoms with van der Waals surface area (Å²) in [7, 11) is 0. The van der Waals surface area contributed by atoms with Gasteiger partial charge in [0.15, 0.2) is 0 Å². The summed E-state index contributed by atoms with van der Waals surface area (Å²) in [6.07, 6.45) is 0.122. The van der Waals surface area contributed by atoms with Gasteiger partial charge in [0.05, 0.1) is 6.61 Å². The third-order valence-electron chi connectivity index (χ3n) is 3.81. The van der Waals surface area contributed by atoms with Gasteiger partial charge in [-0.1, -0.05) is 18.2 Å². The van der Waals surface area contributed by atoms with Crippen LogP contribution in [0.5, 0.6) is 0 Å². The van der Waals surface area contributed by atoms with Crippen molar-refractivity contribution in [3.05, 3.63) is 30.3 Å². The van der Waals surface area contributed by atoms with Gasteiger partial charge in [-0.15, -0.1) is 12.4 Å². The number of morpholine rings is 1. The summed E-state index contributed by atoms with van der Waals surface area (Å²) in [5.41, 5.74) is 0.870. The zero-order chi connectivity index (χ0) is 14.7. The van der Waals surface area contributed by atoms with Gasteiger partial charge in [0.25, 0.3) is 5.91 Å². The van der Waals surface area contributed by atoms with Crippen LogP contribution in [0.4, 0.5) is 5.69 Å². The molecule has 2 saturated heterocycles. The Morgan fingerprint density at radius 2 is 2.09 bits per heavy atom. The highest BCUT2D eigenvalue weighted by Crippen LogP contribution is 2.21. The average Bonchev–Trinajstić information content (AvgIpc) is 2.90. The second-order valence-corrected chi connectivity index (χ2v) is 5.24. The highest BCUT2D eigenvalue weighted by Gasteiger charge is 2.35. The second kappa shape index (κ2) is 7.58. The minimum absolute atomic E-state index is 0. The molecule has 2 unspecified atom stereocenters. The lowest BCUT2D eigenvalue weighted by Gasteiger charge is -2.24. The van der Waals surface area contributed by atoms with Gasteiger partial charge >= 0.3 is 0 Å².